The lowest BCUT2D eigenvalue weighted by Crippen LogP contribution is -2.68. The summed E-state index contributed by atoms with van der Waals surface area (Å²) in [5, 5.41) is 3.03. The number of nitrogens with one attached hydrogen (secondary N) is 1. The molecular weight excluding hydrogens is 160 g/mol. The summed E-state index contributed by atoms with van der Waals surface area (Å²) in [4.78, 5) is 0. The first-order chi connectivity index (χ1) is 4.12. The van der Waals surface area contributed by atoms with Crippen molar-refractivity contribution in [3.63, 3.8) is 0 Å². The van der Waals surface area contributed by atoms with E-state index in [0.717, 1.165) is 13.0 Å². The van der Waals surface area contributed by atoms with Gasteiger partial charge in [0.15, 0.2) is 0 Å². The molecule has 2 rings (SSSR count). The SMILES string of the molecule is Cl.FC1(F)CC2(CCN2)C1. The lowest BCUT2D eigenvalue weighted by Gasteiger charge is -2.54. The average Bonchev–Trinajstić information content (AvgIpc) is 1.54. The molecule has 0 radical (unpaired) electrons. The Labute approximate surface area is 64.6 Å². The molecule has 0 aromatic heterocycles. The van der Waals surface area contributed by atoms with Crippen LogP contribution in [0.25, 0.3) is 0 Å². The highest BCUT2D eigenvalue weighted by Crippen LogP contribution is 2.50. The molecule has 0 atom stereocenters. The molecule has 1 aliphatic heterocycles. The summed E-state index contributed by atoms with van der Waals surface area (Å²) >= 11 is 0. The van der Waals surface area contributed by atoms with Gasteiger partial charge in [-0.2, -0.15) is 0 Å². The molecule has 0 amide bonds. The molecule has 60 valence electrons. The maximum Gasteiger partial charge on any atom is 0.251 e. The van der Waals surface area contributed by atoms with Crippen molar-refractivity contribution < 1.29 is 8.78 Å². The Morgan fingerprint density at radius 1 is 1.20 bits per heavy atom. The normalized spacial score (nSPS) is 31.8. The minimum Gasteiger partial charge on any atom is -0.311 e. The molecule has 0 aromatic carbocycles. The summed E-state index contributed by atoms with van der Waals surface area (Å²) in [6.07, 6.45) is 1.09. The van der Waals surface area contributed by atoms with E-state index in [1.165, 1.54) is 0 Å². The predicted octanol–water partition coefficient (Wildman–Crippen LogP) is 1.57. The van der Waals surface area contributed by atoms with Gasteiger partial charge < -0.3 is 5.32 Å². The van der Waals surface area contributed by atoms with Crippen molar-refractivity contribution in [3.05, 3.63) is 0 Å². The number of rotatable bonds is 0. The zero-order valence-electron chi connectivity index (χ0n) is 5.49. The molecule has 1 aliphatic carbocycles. The Balaban J connectivity index is 0.000000500. The zero-order valence-corrected chi connectivity index (χ0v) is 6.31. The fourth-order valence-corrected chi connectivity index (χ4v) is 1.72. The molecule has 0 unspecified atom stereocenters. The van der Waals surface area contributed by atoms with Gasteiger partial charge in [0.05, 0.1) is 0 Å². The second-order valence-corrected chi connectivity index (χ2v) is 3.17. The Morgan fingerprint density at radius 3 is 1.80 bits per heavy atom. The van der Waals surface area contributed by atoms with Crippen molar-refractivity contribution in [2.75, 3.05) is 6.54 Å². The van der Waals surface area contributed by atoms with Crippen molar-refractivity contribution in [3.8, 4) is 0 Å². The molecule has 1 spiro atoms. The molecule has 0 bridgehead atoms. The third kappa shape index (κ3) is 1.01. The van der Waals surface area contributed by atoms with Gasteiger partial charge in [-0.15, -0.1) is 12.4 Å². The van der Waals surface area contributed by atoms with Crippen LogP contribution < -0.4 is 5.32 Å². The smallest absolute Gasteiger partial charge is 0.251 e. The number of alkyl halides is 2. The first-order valence-corrected chi connectivity index (χ1v) is 3.25. The van der Waals surface area contributed by atoms with Crippen LogP contribution in [0, 0.1) is 0 Å². The van der Waals surface area contributed by atoms with Gasteiger partial charge in [-0.25, -0.2) is 8.78 Å². The van der Waals surface area contributed by atoms with Gasteiger partial charge in [0.25, 0.3) is 5.92 Å². The van der Waals surface area contributed by atoms with Crippen LogP contribution in [0.1, 0.15) is 19.3 Å². The van der Waals surface area contributed by atoms with Crippen LogP contribution in [0.4, 0.5) is 8.78 Å². The van der Waals surface area contributed by atoms with Crippen LogP contribution >= 0.6 is 12.4 Å². The van der Waals surface area contributed by atoms with Crippen molar-refractivity contribution in [1.82, 2.24) is 5.32 Å². The van der Waals surface area contributed by atoms with Crippen LogP contribution in [0.5, 0.6) is 0 Å². The monoisotopic (exact) mass is 169 g/mol. The highest BCUT2D eigenvalue weighted by atomic mass is 35.5. The van der Waals surface area contributed by atoms with Crippen LogP contribution in [0.3, 0.4) is 0 Å². The molecule has 2 aliphatic rings. The molecule has 10 heavy (non-hydrogen) atoms. The lowest BCUT2D eigenvalue weighted by molar-refractivity contribution is -0.154. The first-order valence-electron chi connectivity index (χ1n) is 3.25. The van der Waals surface area contributed by atoms with E-state index in [4.69, 9.17) is 0 Å². The Hall–Kier alpha value is 0.110. The molecular formula is C6H10ClF2N. The number of hydrogen-bond donors (Lipinski definition) is 1. The maximum atomic E-state index is 12.2. The van der Waals surface area contributed by atoms with Gasteiger partial charge in [-0.1, -0.05) is 0 Å². The Kier molecular flexibility index (Phi) is 1.68. The van der Waals surface area contributed by atoms with E-state index in [-0.39, 0.29) is 30.8 Å². The summed E-state index contributed by atoms with van der Waals surface area (Å²) < 4.78 is 24.4. The maximum absolute atomic E-state index is 12.2. The summed E-state index contributed by atoms with van der Waals surface area (Å²) in [5.74, 6) is -2.35. The molecule has 1 nitrogen and oxygen atoms in total. The lowest BCUT2D eigenvalue weighted by atomic mass is 9.67. The van der Waals surface area contributed by atoms with Crippen LogP contribution in [0.2, 0.25) is 0 Å². The van der Waals surface area contributed by atoms with Gasteiger partial charge in [-0.3, -0.25) is 0 Å². The number of hydrogen-bond acceptors (Lipinski definition) is 1. The van der Waals surface area contributed by atoms with E-state index < -0.39 is 5.92 Å². The molecule has 1 saturated heterocycles. The minimum absolute atomic E-state index is 0. The Bertz CT molecular complexity index is 135. The summed E-state index contributed by atoms with van der Waals surface area (Å²) in [6, 6.07) is 0. The summed E-state index contributed by atoms with van der Waals surface area (Å²) in [6.45, 7) is 0.927. The van der Waals surface area contributed by atoms with E-state index in [1.807, 2.05) is 0 Å². The van der Waals surface area contributed by atoms with Crippen molar-refractivity contribution in [1.29, 1.82) is 0 Å². The first kappa shape index (κ1) is 8.21. The Morgan fingerprint density at radius 2 is 1.70 bits per heavy atom. The van der Waals surface area contributed by atoms with E-state index in [9.17, 15) is 8.78 Å². The fourth-order valence-electron chi connectivity index (χ4n) is 1.72. The third-order valence-corrected chi connectivity index (χ3v) is 2.30. The van der Waals surface area contributed by atoms with Crippen molar-refractivity contribution in [2.45, 2.75) is 30.7 Å². The molecule has 0 aromatic rings. The average molecular weight is 170 g/mol. The van der Waals surface area contributed by atoms with Gasteiger partial charge in [0, 0.05) is 18.4 Å². The minimum atomic E-state index is -2.35. The summed E-state index contributed by atoms with van der Waals surface area (Å²) in [5.41, 5.74) is -0.122. The second-order valence-electron chi connectivity index (χ2n) is 3.17. The molecule has 2 fully saturated rings. The van der Waals surface area contributed by atoms with Gasteiger partial charge in [-0.05, 0) is 13.0 Å². The standard InChI is InChI=1S/C6H9F2N.ClH/c7-6(8)3-5(4-6)1-2-9-5;/h9H,1-4H2;1H. The van der Waals surface area contributed by atoms with Crippen LogP contribution in [-0.4, -0.2) is 18.0 Å². The highest BCUT2D eigenvalue weighted by molar-refractivity contribution is 5.85. The highest BCUT2D eigenvalue weighted by Gasteiger charge is 2.58. The summed E-state index contributed by atoms with van der Waals surface area (Å²) in [7, 11) is 0. The van der Waals surface area contributed by atoms with Gasteiger partial charge in [0.1, 0.15) is 0 Å². The predicted molar refractivity (Wildman–Crippen MR) is 36.8 cm³/mol. The third-order valence-electron chi connectivity index (χ3n) is 2.30. The van der Waals surface area contributed by atoms with Crippen LogP contribution in [0.15, 0.2) is 0 Å². The fraction of sp³-hybridized carbons (Fsp3) is 1.00. The quantitative estimate of drug-likeness (QED) is 0.581. The van der Waals surface area contributed by atoms with E-state index in [2.05, 4.69) is 5.32 Å². The van der Waals surface area contributed by atoms with E-state index >= 15 is 0 Å². The molecule has 1 heterocycles. The van der Waals surface area contributed by atoms with Crippen molar-refractivity contribution >= 4 is 12.4 Å². The van der Waals surface area contributed by atoms with E-state index in [0.29, 0.717) is 0 Å². The van der Waals surface area contributed by atoms with Gasteiger partial charge in [0.2, 0.25) is 0 Å². The molecule has 4 heteroatoms. The number of halogens is 3. The van der Waals surface area contributed by atoms with Crippen LogP contribution in [-0.2, 0) is 0 Å². The topological polar surface area (TPSA) is 12.0 Å². The molecule has 1 N–H and O–H groups in total. The van der Waals surface area contributed by atoms with Crippen molar-refractivity contribution in [2.24, 2.45) is 0 Å². The largest absolute Gasteiger partial charge is 0.311 e. The van der Waals surface area contributed by atoms with Gasteiger partial charge >= 0.3 is 0 Å². The molecule has 1 saturated carbocycles. The van der Waals surface area contributed by atoms with E-state index in [1.54, 1.807) is 0 Å². The zero-order chi connectivity index (χ0) is 6.54. The second kappa shape index (κ2) is 2.05.